The van der Waals surface area contributed by atoms with Gasteiger partial charge in [0.2, 0.25) is 5.78 Å². The average Bonchev–Trinajstić information content (AvgIpc) is 3.05. The quantitative estimate of drug-likeness (QED) is 0.233. The zero-order valence-corrected chi connectivity index (χ0v) is 17.5. The Hall–Kier alpha value is 0.0300. The minimum absolute atomic E-state index is 0.305. The summed E-state index contributed by atoms with van der Waals surface area (Å²) in [5.74, 6) is -0.877. The van der Waals surface area contributed by atoms with Gasteiger partial charge in [0.25, 0.3) is 3.79 Å². The van der Waals surface area contributed by atoms with Crippen LogP contribution in [0.25, 0.3) is 0 Å². The molecule has 2 heterocycles. The van der Waals surface area contributed by atoms with Crippen molar-refractivity contribution in [3.63, 3.8) is 0 Å². The second-order valence-electron chi connectivity index (χ2n) is 3.78. The summed E-state index contributed by atoms with van der Waals surface area (Å²) >= 11 is 20.3. The lowest BCUT2D eigenvalue weighted by Crippen LogP contribution is -2.19. The number of aromatic nitrogens is 2. The van der Waals surface area contributed by atoms with Crippen LogP contribution in [-0.2, 0) is 4.74 Å². The second-order valence-corrected chi connectivity index (χ2v) is 8.55. The number of nitrogens with one attached hydrogen (secondary N) is 2. The standard InChI is InChI=1S/C6H3Cl3INO.C6H6INO2/c7-6(8,9)5(12)4-1-3(10)2-11-4;1-10-6(9)5-2-4(7)3-8-5/h1-2,11H;2-3,8H,1H3. The molecule has 2 N–H and O–H groups in total. The lowest BCUT2D eigenvalue weighted by Gasteiger charge is -2.06. The number of methoxy groups -OCH3 is 1. The molecule has 0 saturated carbocycles. The first-order valence-corrected chi connectivity index (χ1v) is 8.82. The van der Waals surface area contributed by atoms with E-state index in [9.17, 15) is 9.59 Å². The number of rotatable bonds is 2. The summed E-state index contributed by atoms with van der Waals surface area (Å²) in [5.41, 5.74) is 0.798. The van der Waals surface area contributed by atoms with E-state index in [1.54, 1.807) is 24.5 Å². The SMILES string of the molecule is COC(=O)c1cc(I)c[nH]1.O=C(c1cc(I)c[nH]1)C(Cl)(Cl)Cl. The Morgan fingerprint density at radius 3 is 1.82 bits per heavy atom. The normalized spacial score (nSPS) is 10.6. The molecule has 0 aromatic carbocycles. The number of Topliss-reactive ketones (excluding diaryl/α,β-unsaturated/α-hetero) is 1. The van der Waals surface area contributed by atoms with Crippen LogP contribution in [-0.4, -0.2) is 32.6 Å². The van der Waals surface area contributed by atoms with E-state index in [4.69, 9.17) is 34.8 Å². The van der Waals surface area contributed by atoms with Crippen molar-refractivity contribution in [2.24, 2.45) is 0 Å². The molecule has 5 nitrogen and oxygen atoms in total. The van der Waals surface area contributed by atoms with Gasteiger partial charge in [-0.1, -0.05) is 34.8 Å². The van der Waals surface area contributed by atoms with E-state index in [2.05, 4.69) is 37.3 Å². The highest BCUT2D eigenvalue weighted by atomic mass is 127. The van der Waals surface area contributed by atoms with E-state index in [-0.39, 0.29) is 5.97 Å². The maximum Gasteiger partial charge on any atom is 0.354 e. The molecule has 0 amide bonds. The Kier molecular flexibility index (Phi) is 8.00. The molecule has 0 fully saturated rings. The number of H-pyrrole nitrogens is 2. The molecule has 10 heteroatoms. The van der Waals surface area contributed by atoms with Crippen LogP contribution in [0.5, 0.6) is 0 Å². The van der Waals surface area contributed by atoms with Crippen molar-refractivity contribution in [3.8, 4) is 0 Å². The Balaban J connectivity index is 0.000000224. The molecule has 0 atom stereocenters. The molecule has 0 bridgehead atoms. The second kappa shape index (κ2) is 8.76. The molecule has 0 aliphatic carbocycles. The predicted molar refractivity (Wildman–Crippen MR) is 103 cm³/mol. The van der Waals surface area contributed by atoms with E-state index in [1.165, 1.54) is 7.11 Å². The molecule has 22 heavy (non-hydrogen) atoms. The van der Waals surface area contributed by atoms with Crippen LogP contribution in [0.15, 0.2) is 24.5 Å². The third kappa shape index (κ3) is 6.26. The lowest BCUT2D eigenvalue weighted by atomic mass is 10.3. The molecule has 0 spiro atoms. The molecule has 0 aliphatic heterocycles. The topological polar surface area (TPSA) is 75.0 Å². The van der Waals surface area contributed by atoms with Crippen LogP contribution < -0.4 is 0 Å². The Morgan fingerprint density at radius 1 is 1.05 bits per heavy atom. The van der Waals surface area contributed by atoms with Gasteiger partial charge in [0, 0.05) is 19.5 Å². The zero-order chi connectivity index (χ0) is 16.9. The number of hydrogen-bond acceptors (Lipinski definition) is 3. The summed E-state index contributed by atoms with van der Waals surface area (Å²) in [6, 6.07) is 3.34. The monoisotopic (exact) mass is 588 g/mol. The van der Waals surface area contributed by atoms with Gasteiger partial charge in [-0.15, -0.1) is 0 Å². The fourth-order valence-electron chi connectivity index (χ4n) is 1.25. The van der Waals surface area contributed by atoms with Crippen LogP contribution >= 0.6 is 80.0 Å². The van der Waals surface area contributed by atoms with Crippen molar-refractivity contribution in [1.82, 2.24) is 9.97 Å². The van der Waals surface area contributed by atoms with Crippen LogP contribution in [0.3, 0.4) is 0 Å². The fourth-order valence-corrected chi connectivity index (χ4v) is 2.49. The Bertz CT molecular complexity index is 665. The molecule has 2 aromatic heterocycles. The van der Waals surface area contributed by atoms with Crippen molar-refractivity contribution < 1.29 is 14.3 Å². The van der Waals surface area contributed by atoms with Crippen LogP contribution in [0.2, 0.25) is 0 Å². The van der Waals surface area contributed by atoms with E-state index in [0.29, 0.717) is 11.4 Å². The van der Waals surface area contributed by atoms with E-state index in [0.717, 1.165) is 7.14 Å². The summed E-state index contributed by atoms with van der Waals surface area (Å²) in [4.78, 5) is 27.5. The number of ether oxygens (including phenoxy) is 1. The van der Waals surface area contributed by atoms with Gasteiger partial charge in [-0.25, -0.2) is 4.79 Å². The summed E-state index contributed by atoms with van der Waals surface area (Å²) < 4.78 is 4.49. The maximum absolute atomic E-state index is 11.2. The predicted octanol–water partition coefficient (Wildman–Crippen LogP) is 4.58. The number of ketones is 1. The first kappa shape index (κ1) is 20.1. The molecule has 2 rings (SSSR count). The van der Waals surface area contributed by atoms with Crippen molar-refractivity contribution in [2.75, 3.05) is 7.11 Å². The molecule has 120 valence electrons. The van der Waals surface area contributed by atoms with Crippen molar-refractivity contribution >= 4 is 91.7 Å². The highest BCUT2D eigenvalue weighted by Gasteiger charge is 2.32. The van der Waals surface area contributed by atoms with Crippen molar-refractivity contribution in [3.05, 3.63) is 43.1 Å². The number of halogens is 5. The van der Waals surface area contributed by atoms with E-state index >= 15 is 0 Å². The van der Waals surface area contributed by atoms with Gasteiger partial charge in [0.05, 0.1) is 12.8 Å². The molecule has 0 unspecified atom stereocenters. The van der Waals surface area contributed by atoms with Gasteiger partial charge in [0.15, 0.2) is 0 Å². The summed E-state index contributed by atoms with van der Waals surface area (Å²) in [5, 5.41) is 0. The van der Waals surface area contributed by atoms with E-state index < -0.39 is 9.58 Å². The van der Waals surface area contributed by atoms with Gasteiger partial charge >= 0.3 is 5.97 Å². The number of carbonyl (C=O) groups excluding carboxylic acids is 2. The van der Waals surface area contributed by atoms with Crippen LogP contribution in [0, 0.1) is 7.14 Å². The Labute approximate surface area is 168 Å². The maximum atomic E-state index is 11.2. The summed E-state index contributed by atoms with van der Waals surface area (Å²) in [6.07, 6.45) is 3.40. The fraction of sp³-hybridized carbons (Fsp3) is 0.167. The smallest absolute Gasteiger partial charge is 0.354 e. The molecule has 0 radical (unpaired) electrons. The number of alkyl halides is 3. The van der Waals surface area contributed by atoms with Gasteiger partial charge in [-0.2, -0.15) is 0 Å². The van der Waals surface area contributed by atoms with Crippen molar-refractivity contribution in [2.45, 2.75) is 3.79 Å². The highest BCUT2D eigenvalue weighted by Crippen LogP contribution is 2.30. The number of carbonyl (C=O) groups is 2. The van der Waals surface area contributed by atoms with Gasteiger partial charge in [-0.05, 0) is 57.3 Å². The van der Waals surface area contributed by atoms with Gasteiger partial charge in [0.1, 0.15) is 5.69 Å². The lowest BCUT2D eigenvalue weighted by molar-refractivity contribution is 0.0594. The molecule has 0 aliphatic rings. The number of hydrogen-bond donors (Lipinski definition) is 2. The van der Waals surface area contributed by atoms with E-state index in [1.807, 2.05) is 22.6 Å². The van der Waals surface area contributed by atoms with Gasteiger partial charge in [-0.3, -0.25) is 4.79 Å². The largest absolute Gasteiger partial charge is 0.464 e. The highest BCUT2D eigenvalue weighted by molar-refractivity contribution is 14.1. The first-order valence-electron chi connectivity index (χ1n) is 5.52. The summed E-state index contributed by atoms with van der Waals surface area (Å²) in [6.45, 7) is 0. The third-order valence-corrected chi connectivity index (χ3v) is 3.96. The zero-order valence-electron chi connectivity index (χ0n) is 10.9. The molecular formula is C12H9Cl3I2N2O3. The molecule has 0 saturated heterocycles. The number of esters is 1. The van der Waals surface area contributed by atoms with Crippen LogP contribution in [0.1, 0.15) is 21.0 Å². The third-order valence-electron chi connectivity index (χ3n) is 2.20. The van der Waals surface area contributed by atoms with Crippen LogP contribution in [0.4, 0.5) is 0 Å². The Morgan fingerprint density at radius 2 is 1.50 bits per heavy atom. The minimum atomic E-state index is -1.88. The number of aromatic amines is 2. The molecular weight excluding hydrogens is 580 g/mol. The molecule has 2 aromatic rings. The van der Waals surface area contributed by atoms with Crippen molar-refractivity contribution in [1.29, 1.82) is 0 Å². The average molecular weight is 589 g/mol. The first-order chi connectivity index (χ1) is 10.1. The minimum Gasteiger partial charge on any atom is -0.464 e. The van der Waals surface area contributed by atoms with Gasteiger partial charge < -0.3 is 14.7 Å². The summed E-state index contributed by atoms with van der Waals surface area (Å²) in [7, 11) is 1.36.